The zero-order valence-electron chi connectivity index (χ0n) is 23.3. The lowest BCUT2D eigenvalue weighted by Gasteiger charge is -2.26. The number of carboxylic acid groups (broad SMARTS) is 1. The summed E-state index contributed by atoms with van der Waals surface area (Å²) >= 11 is 10.7. The van der Waals surface area contributed by atoms with E-state index in [0.717, 1.165) is 11.3 Å². The highest BCUT2D eigenvalue weighted by atomic mass is 79.9. The molecule has 1 aliphatic rings. The number of thiazole rings is 1. The molecule has 0 unspecified atom stereocenters. The van der Waals surface area contributed by atoms with Gasteiger partial charge in [0.2, 0.25) is 0 Å². The highest BCUT2D eigenvalue weighted by molar-refractivity contribution is 9.10. The zero-order chi connectivity index (χ0) is 31.0. The predicted octanol–water partition coefficient (Wildman–Crippen LogP) is 5.19. The molecule has 0 spiro atoms. The second kappa shape index (κ2) is 12.2. The van der Waals surface area contributed by atoms with Crippen molar-refractivity contribution in [3.05, 3.63) is 99.8 Å². The Morgan fingerprint density at radius 1 is 1.16 bits per heavy atom. The molecule has 43 heavy (non-hydrogen) atoms. The van der Waals surface area contributed by atoms with E-state index in [0.29, 0.717) is 53.6 Å². The largest absolute Gasteiger partial charge is 0.493 e. The van der Waals surface area contributed by atoms with Gasteiger partial charge in [-0.05, 0) is 61.9 Å². The number of carbonyl (C=O) groups is 2. The van der Waals surface area contributed by atoms with Crippen molar-refractivity contribution in [2.45, 2.75) is 19.9 Å². The third-order valence-electron chi connectivity index (χ3n) is 6.70. The van der Waals surface area contributed by atoms with Crippen LogP contribution in [0, 0.1) is 0 Å². The van der Waals surface area contributed by atoms with Crippen molar-refractivity contribution in [3.63, 3.8) is 0 Å². The maximum atomic E-state index is 14.0. The summed E-state index contributed by atoms with van der Waals surface area (Å²) in [5, 5.41) is 9.52. The molecule has 1 atom stereocenters. The van der Waals surface area contributed by atoms with E-state index in [9.17, 15) is 19.5 Å². The molecule has 0 saturated heterocycles. The maximum Gasteiger partial charge on any atom is 0.338 e. The lowest BCUT2D eigenvalue weighted by Crippen LogP contribution is -2.40. The topological polar surface area (TPSA) is 130 Å². The van der Waals surface area contributed by atoms with E-state index in [-0.39, 0.29) is 22.8 Å². The van der Waals surface area contributed by atoms with Crippen molar-refractivity contribution in [1.82, 2.24) is 4.57 Å². The summed E-state index contributed by atoms with van der Waals surface area (Å²) in [5.74, 6) is -0.120. The summed E-state index contributed by atoms with van der Waals surface area (Å²) in [5.41, 5.74) is 1.25. The normalized spacial score (nSPS) is 14.7. The minimum atomic E-state index is -1.16. The van der Waals surface area contributed by atoms with Crippen LogP contribution in [-0.2, 0) is 9.53 Å². The van der Waals surface area contributed by atoms with Crippen molar-refractivity contribution in [2.24, 2.45) is 4.99 Å². The second-order valence-electron chi connectivity index (χ2n) is 9.23. The second-order valence-corrected chi connectivity index (χ2v) is 11.5. The fourth-order valence-corrected chi connectivity index (χ4v) is 6.49. The summed E-state index contributed by atoms with van der Waals surface area (Å²) in [4.78, 5) is 43.7. The molecule has 2 aromatic carbocycles. The number of carboxylic acids is 1. The average molecular weight is 688 g/mol. The van der Waals surface area contributed by atoms with Crippen LogP contribution in [0.25, 0.3) is 17.4 Å². The molecule has 0 radical (unpaired) electrons. The molecule has 0 amide bonds. The number of aromatic nitrogens is 1. The molecule has 0 bridgehead atoms. The first-order valence-corrected chi connectivity index (χ1v) is 14.8. The zero-order valence-corrected chi connectivity index (χ0v) is 26.4. The molecule has 10 nitrogen and oxygen atoms in total. The molecule has 5 rings (SSSR count). The van der Waals surface area contributed by atoms with Crippen molar-refractivity contribution in [3.8, 4) is 22.8 Å². The molecular weight excluding hydrogens is 664 g/mol. The highest BCUT2D eigenvalue weighted by Crippen LogP contribution is 2.40. The van der Waals surface area contributed by atoms with Crippen molar-refractivity contribution >= 4 is 56.9 Å². The number of methoxy groups -OCH3 is 2. The van der Waals surface area contributed by atoms with E-state index in [4.69, 9.17) is 30.2 Å². The highest BCUT2D eigenvalue weighted by Gasteiger charge is 2.35. The van der Waals surface area contributed by atoms with Gasteiger partial charge in [0.1, 0.15) is 11.5 Å². The Morgan fingerprint density at radius 3 is 2.56 bits per heavy atom. The molecule has 4 aromatic rings. The molecule has 1 N–H and O–H groups in total. The number of benzene rings is 2. The van der Waals surface area contributed by atoms with Crippen LogP contribution in [0.3, 0.4) is 0 Å². The maximum absolute atomic E-state index is 14.0. The number of aromatic carboxylic acids is 1. The van der Waals surface area contributed by atoms with E-state index in [1.54, 1.807) is 50.3 Å². The number of hydrogen-bond acceptors (Lipinski definition) is 9. The molecule has 3 heterocycles. The SMILES string of the molecule is CCOC(=O)C1=C(C)N=c2s/c(=C\c3ccc(-c4ccc(Cl)c(C(=O)O)c4)o3)c(=O)n2[C@@H]1c1cc(OC)c(OC)cc1Br. The van der Waals surface area contributed by atoms with Crippen LogP contribution in [0.5, 0.6) is 11.5 Å². The summed E-state index contributed by atoms with van der Waals surface area (Å²) in [6, 6.07) is 10.4. The minimum Gasteiger partial charge on any atom is -0.493 e. The number of hydrogen-bond donors (Lipinski definition) is 1. The molecule has 222 valence electrons. The van der Waals surface area contributed by atoms with E-state index in [2.05, 4.69) is 20.9 Å². The number of nitrogens with zero attached hydrogens (tertiary/aromatic N) is 2. The van der Waals surface area contributed by atoms with Gasteiger partial charge in [-0.3, -0.25) is 9.36 Å². The lowest BCUT2D eigenvalue weighted by molar-refractivity contribution is -0.139. The van der Waals surface area contributed by atoms with Gasteiger partial charge in [-0.25, -0.2) is 14.6 Å². The van der Waals surface area contributed by atoms with E-state index < -0.39 is 23.5 Å². The molecule has 0 saturated carbocycles. The van der Waals surface area contributed by atoms with Crippen LogP contribution in [0.1, 0.15) is 41.6 Å². The van der Waals surface area contributed by atoms with Crippen LogP contribution in [-0.4, -0.2) is 42.4 Å². The molecule has 2 aromatic heterocycles. The molecule has 13 heteroatoms. The lowest BCUT2D eigenvalue weighted by atomic mass is 9.95. The van der Waals surface area contributed by atoms with Gasteiger partial charge in [0.15, 0.2) is 16.3 Å². The van der Waals surface area contributed by atoms with Crippen molar-refractivity contribution < 1.29 is 33.3 Å². The van der Waals surface area contributed by atoms with E-state index >= 15 is 0 Å². The predicted molar refractivity (Wildman–Crippen MR) is 164 cm³/mol. The smallest absolute Gasteiger partial charge is 0.338 e. The average Bonchev–Trinajstić information content (AvgIpc) is 3.56. The number of ether oxygens (including phenoxy) is 3. The Balaban J connectivity index is 1.66. The van der Waals surface area contributed by atoms with Gasteiger partial charge in [-0.1, -0.05) is 38.9 Å². The Hall–Kier alpha value is -4.13. The van der Waals surface area contributed by atoms with Crippen LogP contribution in [0.15, 0.2) is 72.4 Å². The molecule has 0 fully saturated rings. The number of furan rings is 1. The van der Waals surface area contributed by atoms with Crippen molar-refractivity contribution in [1.29, 1.82) is 0 Å². The van der Waals surface area contributed by atoms with Crippen LogP contribution >= 0.6 is 38.9 Å². The first-order valence-electron chi connectivity index (χ1n) is 12.8. The Morgan fingerprint density at radius 2 is 1.88 bits per heavy atom. The first kappa shape index (κ1) is 30.3. The van der Waals surface area contributed by atoms with Crippen molar-refractivity contribution in [2.75, 3.05) is 20.8 Å². The summed E-state index contributed by atoms with van der Waals surface area (Å²) in [6.45, 7) is 3.54. The van der Waals surface area contributed by atoms with Gasteiger partial charge in [0.05, 0.1) is 53.3 Å². The number of fused-ring (bicyclic) bond motifs is 1. The van der Waals surface area contributed by atoms with Crippen LogP contribution < -0.4 is 24.4 Å². The van der Waals surface area contributed by atoms with Crippen LogP contribution in [0.2, 0.25) is 5.02 Å². The summed E-state index contributed by atoms with van der Waals surface area (Å²) < 4.78 is 24.6. The number of rotatable bonds is 8. The first-order chi connectivity index (χ1) is 20.6. The number of allylic oxidation sites excluding steroid dienone is 1. The fraction of sp³-hybridized carbons (Fsp3) is 0.200. The van der Waals surface area contributed by atoms with Gasteiger partial charge in [0.25, 0.3) is 5.56 Å². The Kier molecular flexibility index (Phi) is 8.63. The van der Waals surface area contributed by atoms with Gasteiger partial charge >= 0.3 is 11.9 Å². The minimum absolute atomic E-state index is 0.0560. The quantitative estimate of drug-likeness (QED) is 0.251. The van der Waals surface area contributed by atoms with Gasteiger partial charge in [-0.2, -0.15) is 0 Å². The van der Waals surface area contributed by atoms with E-state index in [1.165, 1.54) is 30.9 Å². The number of halogens is 2. The summed E-state index contributed by atoms with van der Waals surface area (Å²) in [6.07, 6.45) is 1.57. The van der Waals surface area contributed by atoms with Crippen LogP contribution in [0.4, 0.5) is 0 Å². The fourth-order valence-electron chi connectivity index (χ4n) is 4.72. The number of esters is 1. The molecule has 0 aliphatic carbocycles. The van der Waals surface area contributed by atoms with Gasteiger partial charge in [0, 0.05) is 16.1 Å². The standard InChI is InChI=1S/C30H24BrClN2O8S/c1-5-41-29(38)25-14(2)33-30-34(26(25)17-12-22(39-3)23(40-4)13-19(17)31)27(35)24(43-30)11-16-7-9-21(42-16)15-6-8-20(32)18(10-15)28(36)37/h6-13,26H,5H2,1-4H3,(H,36,37)/b24-11-/t26-/m1/s1. The van der Waals surface area contributed by atoms with E-state index in [1.807, 2.05) is 0 Å². The Bertz CT molecular complexity index is 1990. The summed E-state index contributed by atoms with van der Waals surface area (Å²) in [7, 11) is 3.01. The van der Waals surface area contributed by atoms with Gasteiger partial charge in [-0.15, -0.1) is 0 Å². The molecule has 1 aliphatic heterocycles. The third-order valence-corrected chi connectivity index (χ3v) is 8.70. The van der Waals surface area contributed by atoms with Gasteiger partial charge < -0.3 is 23.7 Å². The Labute approximate surface area is 262 Å². The molecular formula is C30H24BrClN2O8S. The monoisotopic (exact) mass is 686 g/mol. The third kappa shape index (κ3) is 5.65. The number of carbonyl (C=O) groups excluding carboxylic acids is 1.